The Kier molecular flexibility index (Phi) is 7.24. The number of aliphatic hydroxyl groups excluding tert-OH is 1. The van der Waals surface area contributed by atoms with E-state index in [-0.39, 0.29) is 18.6 Å². The highest BCUT2D eigenvalue weighted by atomic mass is 16.3. The Morgan fingerprint density at radius 3 is 2.36 bits per heavy atom. The van der Waals surface area contributed by atoms with Gasteiger partial charge in [-0.15, -0.1) is 0 Å². The van der Waals surface area contributed by atoms with Crippen LogP contribution in [0.15, 0.2) is 60.7 Å². The highest BCUT2D eigenvalue weighted by Gasteiger charge is 2.43. The summed E-state index contributed by atoms with van der Waals surface area (Å²) in [6.07, 6.45) is 2.03. The van der Waals surface area contributed by atoms with Crippen LogP contribution in [0.1, 0.15) is 29.3 Å². The predicted octanol–water partition coefficient (Wildman–Crippen LogP) is 3.32. The van der Waals surface area contributed by atoms with Gasteiger partial charge in [0.05, 0.1) is 12.6 Å². The quantitative estimate of drug-likeness (QED) is 0.764. The van der Waals surface area contributed by atoms with E-state index in [4.69, 9.17) is 0 Å². The van der Waals surface area contributed by atoms with Crippen LogP contribution in [0.2, 0.25) is 0 Å². The topological polar surface area (TPSA) is 43.8 Å². The number of hydrogen-bond donors (Lipinski definition) is 1. The Hall–Kier alpha value is -2.17. The molecule has 1 amide bonds. The maximum absolute atomic E-state index is 13.0. The summed E-state index contributed by atoms with van der Waals surface area (Å²) in [5.41, 5.74) is 2.04. The number of likely N-dealkylation sites (tertiary alicyclic amines) is 1. The van der Waals surface area contributed by atoms with E-state index in [0.717, 1.165) is 32.5 Å². The second-order valence-corrected chi connectivity index (χ2v) is 7.90. The van der Waals surface area contributed by atoms with Crippen LogP contribution in [0.3, 0.4) is 0 Å². The molecule has 150 valence electrons. The highest BCUT2D eigenvalue weighted by molar-refractivity contribution is 5.94. The lowest BCUT2D eigenvalue weighted by Gasteiger charge is -2.30. The Balaban J connectivity index is 1.66. The fraction of sp³-hybridized carbons (Fsp3) is 0.458. The number of carbonyl (C=O) groups is 1. The van der Waals surface area contributed by atoms with Gasteiger partial charge < -0.3 is 14.9 Å². The van der Waals surface area contributed by atoms with E-state index in [1.54, 1.807) is 0 Å². The van der Waals surface area contributed by atoms with Gasteiger partial charge in [-0.3, -0.25) is 4.79 Å². The number of rotatable bonds is 8. The monoisotopic (exact) mass is 380 g/mol. The van der Waals surface area contributed by atoms with Gasteiger partial charge in [-0.05, 0) is 43.0 Å². The first kappa shape index (κ1) is 20.6. The summed E-state index contributed by atoms with van der Waals surface area (Å²) in [5.74, 6) is 0.750. The van der Waals surface area contributed by atoms with E-state index in [9.17, 15) is 9.90 Å². The molecule has 1 saturated heterocycles. The lowest BCUT2D eigenvalue weighted by atomic mass is 9.88. The third kappa shape index (κ3) is 4.81. The first-order valence-corrected chi connectivity index (χ1v) is 10.3. The van der Waals surface area contributed by atoms with Gasteiger partial charge >= 0.3 is 0 Å². The molecule has 1 N–H and O–H groups in total. The van der Waals surface area contributed by atoms with Gasteiger partial charge in [0.15, 0.2) is 0 Å². The maximum atomic E-state index is 13.0. The Labute approximate surface area is 168 Å². The molecule has 1 fully saturated rings. The van der Waals surface area contributed by atoms with Crippen molar-refractivity contribution < 1.29 is 9.90 Å². The fourth-order valence-corrected chi connectivity index (χ4v) is 4.40. The summed E-state index contributed by atoms with van der Waals surface area (Å²) < 4.78 is 0. The molecule has 0 bridgehead atoms. The highest BCUT2D eigenvalue weighted by Crippen LogP contribution is 2.33. The molecule has 0 spiro atoms. The van der Waals surface area contributed by atoms with Crippen LogP contribution in [0.25, 0.3) is 0 Å². The molecule has 2 aromatic rings. The van der Waals surface area contributed by atoms with Crippen LogP contribution in [-0.4, -0.2) is 60.1 Å². The van der Waals surface area contributed by atoms with E-state index < -0.39 is 0 Å². The smallest absolute Gasteiger partial charge is 0.254 e. The fourth-order valence-electron chi connectivity index (χ4n) is 4.40. The van der Waals surface area contributed by atoms with Gasteiger partial charge in [-0.25, -0.2) is 0 Å². The normalized spacial score (nSPS) is 22.0. The summed E-state index contributed by atoms with van der Waals surface area (Å²) in [6, 6.07) is 19.8. The second kappa shape index (κ2) is 9.85. The van der Waals surface area contributed by atoms with E-state index in [1.807, 2.05) is 41.3 Å². The van der Waals surface area contributed by atoms with Crippen molar-refractivity contribution in [1.82, 2.24) is 9.80 Å². The molecule has 3 atom stereocenters. The first-order chi connectivity index (χ1) is 13.6. The minimum absolute atomic E-state index is 0.0201. The summed E-state index contributed by atoms with van der Waals surface area (Å²) in [5, 5.41) is 10.1. The van der Waals surface area contributed by atoms with Crippen LogP contribution in [-0.2, 0) is 6.42 Å². The van der Waals surface area contributed by atoms with Crippen molar-refractivity contribution in [2.24, 2.45) is 11.8 Å². The molecule has 28 heavy (non-hydrogen) atoms. The molecule has 0 aromatic heterocycles. The number of carbonyl (C=O) groups excluding carboxylic acids is 1. The van der Waals surface area contributed by atoms with Gasteiger partial charge in [0, 0.05) is 25.2 Å². The molecule has 1 aliphatic rings. The molecule has 0 aliphatic carbocycles. The van der Waals surface area contributed by atoms with Crippen LogP contribution in [0, 0.1) is 11.8 Å². The third-order valence-corrected chi connectivity index (χ3v) is 6.07. The molecule has 1 aliphatic heterocycles. The minimum Gasteiger partial charge on any atom is -0.394 e. The number of amides is 1. The molecular formula is C24H32N2O2. The van der Waals surface area contributed by atoms with E-state index in [2.05, 4.69) is 43.1 Å². The van der Waals surface area contributed by atoms with Crippen LogP contribution in [0.4, 0.5) is 0 Å². The molecule has 1 heterocycles. The number of hydrogen-bond acceptors (Lipinski definition) is 3. The number of aliphatic hydroxyl groups is 1. The zero-order chi connectivity index (χ0) is 19.9. The molecular weight excluding hydrogens is 348 g/mol. The van der Waals surface area contributed by atoms with Crippen molar-refractivity contribution >= 4 is 5.91 Å². The molecule has 4 heteroatoms. The Morgan fingerprint density at radius 1 is 1.11 bits per heavy atom. The molecule has 0 radical (unpaired) electrons. The minimum atomic E-state index is -0.114. The second-order valence-electron chi connectivity index (χ2n) is 7.90. The summed E-state index contributed by atoms with van der Waals surface area (Å²) >= 11 is 0. The summed E-state index contributed by atoms with van der Waals surface area (Å²) in [4.78, 5) is 17.3. The van der Waals surface area contributed by atoms with Crippen LogP contribution in [0.5, 0.6) is 0 Å². The molecule has 0 saturated carbocycles. The number of likely N-dealkylation sites (N-methyl/N-ethyl adjacent to an activating group) is 1. The Morgan fingerprint density at radius 2 is 1.75 bits per heavy atom. The van der Waals surface area contributed by atoms with Crippen molar-refractivity contribution in [3.8, 4) is 0 Å². The van der Waals surface area contributed by atoms with Gasteiger partial charge in [0.25, 0.3) is 5.91 Å². The Bertz CT molecular complexity index is 735. The zero-order valence-corrected chi connectivity index (χ0v) is 17.0. The predicted molar refractivity (Wildman–Crippen MR) is 113 cm³/mol. The van der Waals surface area contributed by atoms with E-state index >= 15 is 0 Å². The van der Waals surface area contributed by atoms with E-state index in [1.165, 1.54) is 5.56 Å². The molecule has 3 rings (SSSR count). The van der Waals surface area contributed by atoms with Crippen molar-refractivity contribution in [2.45, 2.75) is 25.8 Å². The average molecular weight is 381 g/mol. The van der Waals surface area contributed by atoms with Gasteiger partial charge in [-0.1, -0.05) is 61.9 Å². The van der Waals surface area contributed by atoms with Gasteiger partial charge in [0.1, 0.15) is 0 Å². The van der Waals surface area contributed by atoms with Crippen molar-refractivity contribution in [2.75, 3.05) is 33.3 Å². The third-order valence-electron chi connectivity index (χ3n) is 6.07. The van der Waals surface area contributed by atoms with Gasteiger partial charge in [0.2, 0.25) is 0 Å². The van der Waals surface area contributed by atoms with Crippen LogP contribution >= 0.6 is 0 Å². The van der Waals surface area contributed by atoms with E-state index in [0.29, 0.717) is 17.4 Å². The standard InChI is InChI=1S/C24H32N2O2/c1-3-20-16-26(24(28)21-12-8-5-9-13-21)23(18-27)22(20)17-25(2)15-14-19-10-6-4-7-11-19/h4-13,20,22-23,27H,3,14-18H2,1-2H3/t20-,22-,23-/m1/s1. The zero-order valence-electron chi connectivity index (χ0n) is 17.0. The molecule has 2 aromatic carbocycles. The number of nitrogens with zero attached hydrogens (tertiary/aromatic N) is 2. The largest absolute Gasteiger partial charge is 0.394 e. The van der Waals surface area contributed by atoms with Crippen molar-refractivity contribution in [1.29, 1.82) is 0 Å². The van der Waals surface area contributed by atoms with Gasteiger partial charge in [-0.2, -0.15) is 0 Å². The summed E-state index contributed by atoms with van der Waals surface area (Å²) in [6.45, 7) is 4.81. The molecule has 0 unspecified atom stereocenters. The lowest BCUT2D eigenvalue weighted by Crippen LogP contribution is -2.43. The number of benzene rings is 2. The average Bonchev–Trinajstić information content (AvgIpc) is 3.10. The lowest BCUT2D eigenvalue weighted by molar-refractivity contribution is 0.0623. The SMILES string of the molecule is CC[C@@H]1CN(C(=O)c2ccccc2)[C@H](CO)[C@@H]1CN(C)CCc1ccccc1. The maximum Gasteiger partial charge on any atom is 0.254 e. The van der Waals surface area contributed by atoms with Crippen molar-refractivity contribution in [3.63, 3.8) is 0 Å². The first-order valence-electron chi connectivity index (χ1n) is 10.3. The molecule has 4 nitrogen and oxygen atoms in total. The summed E-state index contributed by atoms with van der Waals surface area (Å²) in [7, 11) is 2.14. The van der Waals surface area contributed by atoms with Crippen LogP contribution < -0.4 is 0 Å². The van der Waals surface area contributed by atoms with Crippen molar-refractivity contribution in [3.05, 3.63) is 71.8 Å².